The fourth-order valence-electron chi connectivity index (χ4n) is 2.44. The first-order chi connectivity index (χ1) is 10.5. The third-order valence-electron chi connectivity index (χ3n) is 3.74. The lowest BCUT2D eigenvalue weighted by Gasteiger charge is -2.31. The number of ether oxygens (including phenoxy) is 1. The van der Waals surface area contributed by atoms with Gasteiger partial charge in [-0.1, -0.05) is 30.7 Å². The van der Waals surface area contributed by atoms with Crippen molar-refractivity contribution in [3.8, 4) is 5.75 Å². The Morgan fingerprint density at radius 2 is 2.23 bits per heavy atom. The Kier molecular flexibility index (Phi) is 5.66. The molecule has 0 bridgehead atoms. The van der Waals surface area contributed by atoms with Crippen LogP contribution in [-0.2, 0) is 9.59 Å². The van der Waals surface area contributed by atoms with Crippen LogP contribution in [0.15, 0.2) is 24.3 Å². The largest absolute Gasteiger partial charge is 0.479 e. The average molecular weight is 325 g/mol. The van der Waals surface area contributed by atoms with Gasteiger partial charge in [-0.25, -0.2) is 0 Å². The van der Waals surface area contributed by atoms with E-state index < -0.39 is 6.10 Å². The van der Waals surface area contributed by atoms with Gasteiger partial charge in [0.1, 0.15) is 5.75 Å². The molecule has 2 rings (SSSR count). The number of halogens is 1. The van der Waals surface area contributed by atoms with Crippen LogP contribution in [0.3, 0.4) is 0 Å². The second-order valence-electron chi connectivity index (χ2n) is 5.46. The van der Waals surface area contributed by atoms with Gasteiger partial charge in [0.15, 0.2) is 6.10 Å². The van der Waals surface area contributed by atoms with E-state index in [1.54, 1.807) is 24.1 Å². The van der Waals surface area contributed by atoms with Crippen LogP contribution >= 0.6 is 11.6 Å². The highest BCUT2D eigenvalue weighted by molar-refractivity contribution is 6.32. The third-order valence-corrected chi connectivity index (χ3v) is 4.05. The highest BCUT2D eigenvalue weighted by Crippen LogP contribution is 2.25. The van der Waals surface area contributed by atoms with Gasteiger partial charge in [-0.3, -0.25) is 9.59 Å². The number of hydrogen-bond acceptors (Lipinski definition) is 3. The Bertz CT molecular complexity index is 550. The molecule has 1 aliphatic heterocycles. The number of piperidine rings is 1. The molecule has 1 N–H and O–H groups in total. The van der Waals surface area contributed by atoms with Crippen LogP contribution in [0, 0.1) is 0 Å². The summed E-state index contributed by atoms with van der Waals surface area (Å²) in [6.45, 7) is 2.42. The van der Waals surface area contributed by atoms with Gasteiger partial charge in [0.25, 0.3) is 5.91 Å². The first-order valence-electron chi connectivity index (χ1n) is 7.46. The molecule has 120 valence electrons. The van der Waals surface area contributed by atoms with E-state index in [1.165, 1.54) is 0 Å². The minimum atomic E-state index is -0.595. The fraction of sp³-hybridized carbons (Fsp3) is 0.500. The van der Waals surface area contributed by atoms with E-state index in [2.05, 4.69) is 5.32 Å². The van der Waals surface area contributed by atoms with Gasteiger partial charge < -0.3 is 15.0 Å². The van der Waals surface area contributed by atoms with E-state index in [0.29, 0.717) is 36.6 Å². The summed E-state index contributed by atoms with van der Waals surface area (Å²) in [7, 11) is 1.75. The maximum Gasteiger partial charge on any atom is 0.261 e. The molecule has 22 heavy (non-hydrogen) atoms. The number of benzene rings is 1. The fourth-order valence-corrected chi connectivity index (χ4v) is 2.62. The number of para-hydroxylation sites is 1. The summed E-state index contributed by atoms with van der Waals surface area (Å²) < 4.78 is 5.72. The van der Waals surface area contributed by atoms with E-state index in [1.807, 2.05) is 19.1 Å². The number of hydrogen-bond donors (Lipinski definition) is 1. The van der Waals surface area contributed by atoms with Crippen molar-refractivity contribution in [1.29, 1.82) is 0 Å². The quantitative estimate of drug-likeness (QED) is 0.903. The first kappa shape index (κ1) is 16.6. The zero-order valence-electron chi connectivity index (χ0n) is 12.8. The Hall–Kier alpha value is -1.75. The Labute approximate surface area is 135 Å². The van der Waals surface area contributed by atoms with E-state index in [4.69, 9.17) is 16.3 Å². The van der Waals surface area contributed by atoms with Crippen LogP contribution in [-0.4, -0.2) is 42.5 Å². The number of nitrogens with zero attached hydrogens (tertiary/aromatic N) is 1. The molecule has 1 aliphatic rings. The van der Waals surface area contributed by atoms with E-state index in [9.17, 15) is 9.59 Å². The molecule has 1 aromatic rings. The third kappa shape index (κ3) is 4.13. The van der Waals surface area contributed by atoms with E-state index >= 15 is 0 Å². The molecule has 0 unspecified atom stereocenters. The molecule has 5 nitrogen and oxygen atoms in total. The summed E-state index contributed by atoms with van der Waals surface area (Å²) in [6.07, 6.45) is 1.07. The maximum atomic E-state index is 12.4. The molecule has 1 heterocycles. The second-order valence-corrected chi connectivity index (χ2v) is 5.87. The molecular weight excluding hydrogens is 304 g/mol. The van der Waals surface area contributed by atoms with Crippen LogP contribution in [0.5, 0.6) is 5.75 Å². The van der Waals surface area contributed by atoms with Gasteiger partial charge >= 0.3 is 0 Å². The molecular formula is C16H21ClN2O3. The molecule has 0 aliphatic carbocycles. The highest BCUT2D eigenvalue weighted by atomic mass is 35.5. The van der Waals surface area contributed by atoms with Crippen molar-refractivity contribution < 1.29 is 14.3 Å². The van der Waals surface area contributed by atoms with Gasteiger partial charge in [0, 0.05) is 26.1 Å². The van der Waals surface area contributed by atoms with E-state index in [-0.39, 0.29) is 17.9 Å². The van der Waals surface area contributed by atoms with Crippen molar-refractivity contribution in [3.63, 3.8) is 0 Å². The van der Waals surface area contributed by atoms with Crippen LogP contribution in [0.25, 0.3) is 0 Å². The van der Waals surface area contributed by atoms with Crippen molar-refractivity contribution >= 4 is 23.4 Å². The van der Waals surface area contributed by atoms with Gasteiger partial charge in [-0.2, -0.15) is 0 Å². The first-order valence-corrected chi connectivity index (χ1v) is 7.84. The molecule has 0 radical (unpaired) electrons. The predicted molar refractivity (Wildman–Crippen MR) is 85.0 cm³/mol. The normalized spacial score (nSPS) is 19.7. The molecule has 1 aromatic carbocycles. The summed E-state index contributed by atoms with van der Waals surface area (Å²) in [5.41, 5.74) is 0. The van der Waals surface area contributed by atoms with Crippen LogP contribution in [0.2, 0.25) is 5.02 Å². The summed E-state index contributed by atoms with van der Waals surface area (Å²) in [4.78, 5) is 25.5. The molecule has 0 saturated carbocycles. The standard InChI is InChI=1S/C16H21ClN2O3/c1-3-13(22-14-7-5-4-6-12(14)17)16(21)18-11-8-9-15(20)19(2)10-11/h4-7,11,13H,3,8-10H2,1-2H3,(H,18,21)/t11-,13+/m0/s1. The Balaban J connectivity index is 1.95. The molecule has 2 amide bonds. The number of carbonyl (C=O) groups excluding carboxylic acids is 2. The molecule has 0 spiro atoms. The minimum Gasteiger partial charge on any atom is -0.479 e. The number of nitrogens with one attached hydrogen (secondary N) is 1. The summed E-state index contributed by atoms with van der Waals surface area (Å²) in [6, 6.07) is 7.06. The van der Waals surface area contributed by atoms with Crippen LogP contribution in [0.4, 0.5) is 0 Å². The Morgan fingerprint density at radius 3 is 2.86 bits per heavy atom. The number of likely N-dealkylation sites (tertiary alicyclic amines) is 1. The lowest BCUT2D eigenvalue weighted by molar-refractivity contribution is -0.135. The van der Waals surface area contributed by atoms with Gasteiger partial charge in [0.2, 0.25) is 5.91 Å². The molecule has 1 fully saturated rings. The number of carbonyl (C=O) groups is 2. The second kappa shape index (κ2) is 7.49. The number of amides is 2. The minimum absolute atomic E-state index is 0.0286. The maximum absolute atomic E-state index is 12.4. The molecule has 6 heteroatoms. The summed E-state index contributed by atoms with van der Waals surface area (Å²) in [5, 5.41) is 3.44. The highest BCUT2D eigenvalue weighted by Gasteiger charge is 2.27. The molecule has 1 saturated heterocycles. The smallest absolute Gasteiger partial charge is 0.261 e. The van der Waals surface area contributed by atoms with Crippen molar-refractivity contribution in [2.24, 2.45) is 0 Å². The van der Waals surface area contributed by atoms with Crippen molar-refractivity contribution in [2.75, 3.05) is 13.6 Å². The summed E-state index contributed by atoms with van der Waals surface area (Å²) in [5.74, 6) is 0.446. The van der Waals surface area contributed by atoms with Crippen LogP contribution in [0.1, 0.15) is 26.2 Å². The molecule has 2 atom stereocenters. The predicted octanol–water partition coefficient (Wildman–Crippen LogP) is 2.23. The number of rotatable bonds is 5. The number of likely N-dealkylation sites (N-methyl/N-ethyl adjacent to an activating group) is 1. The van der Waals surface area contributed by atoms with Crippen LogP contribution < -0.4 is 10.1 Å². The molecule has 0 aromatic heterocycles. The van der Waals surface area contributed by atoms with Crippen molar-refractivity contribution in [1.82, 2.24) is 10.2 Å². The average Bonchev–Trinajstić information content (AvgIpc) is 2.50. The zero-order valence-corrected chi connectivity index (χ0v) is 13.6. The van der Waals surface area contributed by atoms with Crippen molar-refractivity contribution in [2.45, 2.75) is 38.3 Å². The Morgan fingerprint density at radius 1 is 1.50 bits per heavy atom. The lowest BCUT2D eigenvalue weighted by atomic mass is 10.1. The van der Waals surface area contributed by atoms with Gasteiger partial charge in [-0.15, -0.1) is 0 Å². The van der Waals surface area contributed by atoms with Gasteiger partial charge in [0.05, 0.1) is 5.02 Å². The SMILES string of the molecule is CC[C@@H](Oc1ccccc1Cl)C(=O)N[C@H]1CCC(=O)N(C)C1. The zero-order chi connectivity index (χ0) is 16.1. The lowest BCUT2D eigenvalue weighted by Crippen LogP contribution is -2.51. The summed E-state index contributed by atoms with van der Waals surface area (Å²) >= 11 is 6.06. The van der Waals surface area contributed by atoms with Crippen molar-refractivity contribution in [3.05, 3.63) is 29.3 Å². The monoisotopic (exact) mass is 324 g/mol. The van der Waals surface area contributed by atoms with E-state index in [0.717, 1.165) is 0 Å². The topological polar surface area (TPSA) is 58.6 Å². The van der Waals surface area contributed by atoms with Gasteiger partial charge in [-0.05, 0) is 25.0 Å².